The van der Waals surface area contributed by atoms with Gasteiger partial charge in [-0.2, -0.15) is 13.2 Å². The van der Waals surface area contributed by atoms with Crippen molar-refractivity contribution in [1.29, 1.82) is 0 Å². The van der Waals surface area contributed by atoms with E-state index < -0.39 is 22.6 Å². The van der Waals surface area contributed by atoms with Gasteiger partial charge in [0.25, 0.3) is 0 Å². The number of halogens is 4. The van der Waals surface area contributed by atoms with Crippen molar-refractivity contribution in [3.8, 4) is 0 Å². The minimum absolute atomic E-state index is 0. The average molecular weight is 534 g/mol. The van der Waals surface area contributed by atoms with E-state index in [9.17, 15) is 21.6 Å². The summed E-state index contributed by atoms with van der Waals surface area (Å²) < 4.78 is 61.7. The molecule has 1 heterocycles. The Hall–Kier alpha value is -1.08. The van der Waals surface area contributed by atoms with E-state index in [2.05, 4.69) is 15.6 Å². The molecule has 2 rings (SSSR count). The summed E-state index contributed by atoms with van der Waals surface area (Å²) in [7, 11) is -1.76. The van der Waals surface area contributed by atoms with Gasteiger partial charge >= 0.3 is 6.18 Å². The van der Waals surface area contributed by atoms with E-state index in [1.165, 1.54) is 4.90 Å². The Bertz CT molecular complexity index is 730. The number of hydrogen-bond donors (Lipinski definition) is 2. The summed E-state index contributed by atoms with van der Waals surface area (Å²) in [5.41, 5.74) is 0. The van der Waals surface area contributed by atoms with Crippen LogP contribution >= 0.6 is 24.0 Å². The van der Waals surface area contributed by atoms with Crippen LogP contribution in [0.1, 0.15) is 12.8 Å². The van der Waals surface area contributed by atoms with Crippen molar-refractivity contribution in [3.05, 3.63) is 30.3 Å². The lowest BCUT2D eigenvalue weighted by molar-refractivity contribution is -0.143. The fraction of sp³-hybridized carbons (Fsp3) is 0.588. The van der Waals surface area contributed by atoms with E-state index >= 15 is 0 Å². The number of hydrogen-bond acceptors (Lipinski definition) is 4. The SMILES string of the molecule is CN=C(NCCCS(=O)(=O)c1ccccc1)NC1CCN(CC(F)(F)F)C1.I. The molecular formula is C17H26F3IN4O2S. The largest absolute Gasteiger partial charge is 0.401 e. The van der Waals surface area contributed by atoms with Crippen LogP contribution in [0.15, 0.2) is 40.2 Å². The maximum atomic E-state index is 12.4. The van der Waals surface area contributed by atoms with Crippen molar-refractivity contribution < 1.29 is 21.6 Å². The first kappa shape index (κ1) is 25.0. The van der Waals surface area contributed by atoms with Crippen molar-refractivity contribution in [3.63, 3.8) is 0 Å². The van der Waals surface area contributed by atoms with Crippen LogP contribution in [0, 0.1) is 0 Å². The lowest BCUT2D eigenvalue weighted by Gasteiger charge is -2.19. The molecule has 6 nitrogen and oxygen atoms in total. The highest BCUT2D eigenvalue weighted by Gasteiger charge is 2.34. The number of rotatable bonds is 7. The van der Waals surface area contributed by atoms with Gasteiger partial charge in [-0.3, -0.25) is 9.89 Å². The molecular weight excluding hydrogens is 508 g/mol. The molecule has 1 aliphatic heterocycles. The van der Waals surface area contributed by atoms with E-state index in [4.69, 9.17) is 0 Å². The van der Waals surface area contributed by atoms with Gasteiger partial charge in [-0.25, -0.2) is 8.42 Å². The summed E-state index contributed by atoms with van der Waals surface area (Å²) in [6, 6.07) is 8.13. The third kappa shape index (κ3) is 8.52. The van der Waals surface area contributed by atoms with Gasteiger partial charge in [0.1, 0.15) is 0 Å². The number of aliphatic imine (C=N–C) groups is 1. The number of nitrogens with one attached hydrogen (secondary N) is 2. The monoisotopic (exact) mass is 534 g/mol. The molecule has 1 atom stereocenters. The van der Waals surface area contributed by atoms with Crippen molar-refractivity contribution >= 4 is 39.8 Å². The second-order valence-electron chi connectivity index (χ2n) is 6.46. The van der Waals surface area contributed by atoms with E-state index in [0.717, 1.165) is 0 Å². The maximum Gasteiger partial charge on any atom is 0.401 e. The highest BCUT2D eigenvalue weighted by molar-refractivity contribution is 14.0. The Morgan fingerprint density at radius 1 is 1.29 bits per heavy atom. The number of benzene rings is 1. The molecule has 160 valence electrons. The van der Waals surface area contributed by atoms with Gasteiger partial charge in [-0.1, -0.05) is 18.2 Å². The van der Waals surface area contributed by atoms with Crippen LogP contribution in [0.25, 0.3) is 0 Å². The molecule has 0 aromatic heterocycles. The zero-order chi connectivity index (χ0) is 19.9. The second kappa shape index (κ2) is 11.2. The van der Waals surface area contributed by atoms with E-state index in [1.807, 2.05) is 0 Å². The zero-order valence-electron chi connectivity index (χ0n) is 15.6. The number of guanidine groups is 1. The lowest BCUT2D eigenvalue weighted by Crippen LogP contribution is -2.45. The Balaban J connectivity index is 0.00000392. The summed E-state index contributed by atoms with van der Waals surface area (Å²) in [4.78, 5) is 5.70. The van der Waals surface area contributed by atoms with Gasteiger partial charge in [-0.15, -0.1) is 24.0 Å². The molecule has 1 fully saturated rings. The molecule has 1 aromatic rings. The molecule has 0 saturated carbocycles. The van der Waals surface area contributed by atoms with E-state index in [0.29, 0.717) is 43.3 Å². The predicted molar refractivity (Wildman–Crippen MR) is 114 cm³/mol. The first-order valence-electron chi connectivity index (χ1n) is 8.74. The van der Waals surface area contributed by atoms with E-state index in [1.54, 1.807) is 37.4 Å². The van der Waals surface area contributed by atoms with Crippen molar-refractivity contribution in [2.24, 2.45) is 4.99 Å². The molecule has 28 heavy (non-hydrogen) atoms. The van der Waals surface area contributed by atoms with Crippen LogP contribution in [-0.2, 0) is 9.84 Å². The van der Waals surface area contributed by atoms with Gasteiger partial charge in [0, 0.05) is 32.7 Å². The standard InChI is InChI=1S/C17H25F3N4O2S.HI/c1-21-16(23-14-8-10-24(12-14)13-17(18,19)20)22-9-5-11-27(25,26)15-6-3-2-4-7-15;/h2-4,6-7,14H,5,8-13H2,1H3,(H2,21,22,23);1H. The second-order valence-corrected chi connectivity index (χ2v) is 8.57. The predicted octanol–water partition coefficient (Wildman–Crippen LogP) is 2.27. The van der Waals surface area contributed by atoms with Gasteiger partial charge in [0.2, 0.25) is 0 Å². The number of alkyl halides is 3. The Labute approximate surface area is 180 Å². The summed E-state index contributed by atoms with van der Waals surface area (Å²) in [5, 5.41) is 6.11. The maximum absolute atomic E-state index is 12.4. The average Bonchev–Trinajstić information content (AvgIpc) is 3.03. The van der Waals surface area contributed by atoms with Crippen LogP contribution in [0.4, 0.5) is 13.2 Å². The smallest absolute Gasteiger partial charge is 0.356 e. The molecule has 0 bridgehead atoms. The topological polar surface area (TPSA) is 73.8 Å². The molecule has 11 heteroatoms. The lowest BCUT2D eigenvalue weighted by atomic mass is 10.3. The zero-order valence-corrected chi connectivity index (χ0v) is 18.7. The van der Waals surface area contributed by atoms with E-state index in [-0.39, 0.29) is 35.8 Å². The molecule has 0 radical (unpaired) electrons. The van der Waals surface area contributed by atoms with Gasteiger partial charge < -0.3 is 10.6 Å². The first-order chi connectivity index (χ1) is 12.7. The van der Waals surface area contributed by atoms with Crippen LogP contribution in [-0.4, -0.2) is 70.5 Å². The quantitative estimate of drug-likeness (QED) is 0.243. The Kier molecular flexibility index (Phi) is 9.98. The third-order valence-electron chi connectivity index (χ3n) is 4.22. The third-order valence-corrected chi connectivity index (χ3v) is 6.04. The van der Waals surface area contributed by atoms with Crippen LogP contribution < -0.4 is 10.6 Å². The first-order valence-corrected chi connectivity index (χ1v) is 10.4. The van der Waals surface area contributed by atoms with Gasteiger partial charge in [-0.05, 0) is 25.0 Å². The molecule has 1 aliphatic rings. The van der Waals surface area contributed by atoms with Gasteiger partial charge in [0.15, 0.2) is 15.8 Å². The van der Waals surface area contributed by atoms with Crippen molar-refractivity contribution in [2.45, 2.75) is 30.0 Å². The highest BCUT2D eigenvalue weighted by atomic mass is 127. The van der Waals surface area contributed by atoms with Crippen LogP contribution in [0.5, 0.6) is 0 Å². The minimum Gasteiger partial charge on any atom is -0.356 e. The summed E-state index contributed by atoms with van der Waals surface area (Å²) in [6.45, 7) is 0.158. The Morgan fingerprint density at radius 2 is 1.96 bits per heavy atom. The number of nitrogens with zero attached hydrogens (tertiary/aromatic N) is 2. The van der Waals surface area contributed by atoms with Crippen LogP contribution in [0.3, 0.4) is 0 Å². The summed E-state index contributed by atoms with van der Waals surface area (Å²) in [6.07, 6.45) is -3.21. The summed E-state index contributed by atoms with van der Waals surface area (Å²) >= 11 is 0. The minimum atomic E-state index is -4.20. The van der Waals surface area contributed by atoms with Gasteiger partial charge in [0.05, 0.1) is 17.2 Å². The van der Waals surface area contributed by atoms with Crippen LogP contribution in [0.2, 0.25) is 0 Å². The molecule has 0 spiro atoms. The molecule has 1 unspecified atom stereocenters. The molecule has 2 N–H and O–H groups in total. The fourth-order valence-electron chi connectivity index (χ4n) is 2.95. The molecule has 1 aromatic carbocycles. The molecule has 1 saturated heterocycles. The van der Waals surface area contributed by atoms with Crippen molar-refractivity contribution in [1.82, 2.24) is 15.5 Å². The molecule has 0 amide bonds. The fourth-order valence-corrected chi connectivity index (χ4v) is 4.28. The highest BCUT2D eigenvalue weighted by Crippen LogP contribution is 2.19. The number of sulfone groups is 1. The normalized spacial score (nSPS) is 18.6. The van der Waals surface area contributed by atoms with Crippen molar-refractivity contribution in [2.75, 3.05) is 39.0 Å². The number of likely N-dealkylation sites (tertiary alicyclic amines) is 1. The Morgan fingerprint density at radius 3 is 2.57 bits per heavy atom. The summed E-state index contributed by atoms with van der Waals surface area (Å²) in [5.74, 6) is 0.468. The molecule has 0 aliphatic carbocycles.